The number of benzene rings is 3. The highest BCUT2D eigenvalue weighted by Crippen LogP contribution is 2.34. The Morgan fingerprint density at radius 3 is 2.43 bits per heavy atom. The maximum absolute atomic E-state index is 13.6. The first-order chi connectivity index (χ1) is 17.0. The third kappa shape index (κ3) is 5.54. The number of unbranched alkanes of at least 4 members (excludes halogenated alkanes) is 2. The zero-order chi connectivity index (χ0) is 24.8. The van der Waals surface area contributed by atoms with Crippen LogP contribution in [0.25, 0.3) is 28.1 Å². The van der Waals surface area contributed by atoms with Gasteiger partial charge in [0, 0.05) is 23.7 Å². The lowest BCUT2D eigenvalue weighted by Crippen LogP contribution is -2.03. The van der Waals surface area contributed by atoms with E-state index in [2.05, 4.69) is 4.74 Å². The van der Waals surface area contributed by atoms with Crippen LogP contribution in [0.4, 0.5) is 10.1 Å². The maximum atomic E-state index is 13.6. The number of imidazole rings is 1. The van der Waals surface area contributed by atoms with E-state index in [1.165, 1.54) is 19.2 Å². The second-order valence-electron chi connectivity index (χ2n) is 8.09. The van der Waals surface area contributed by atoms with Gasteiger partial charge in [-0.3, -0.25) is 9.36 Å². The van der Waals surface area contributed by atoms with Gasteiger partial charge in [-0.25, -0.2) is 9.37 Å². The van der Waals surface area contributed by atoms with E-state index < -0.39 is 0 Å². The predicted molar refractivity (Wildman–Crippen MR) is 133 cm³/mol. The van der Waals surface area contributed by atoms with Crippen LogP contribution in [-0.4, -0.2) is 36.3 Å². The third-order valence-electron chi connectivity index (χ3n) is 5.73. The molecule has 0 amide bonds. The number of ether oxygens (including phenoxy) is 3. The molecule has 4 aromatic rings. The van der Waals surface area contributed by atoms with Gasteiger partial charge in [-0.1, -0.05) is 0 Å². The van der Waals surface area contributed by atoms with Crippen LogP contribution in [0, 0.1) is 5.82 Å². The normalized spacial score (nSPS) is 10.9. The monoisotopic (exact) mass is 477 g/mol. The van der Waals surface area contributed by atoms with Crippen molar-refractivity contribution in [2.75, 3.05) is 26.6 Å². The number of aromatic nitrogens is 2. The van der Waals surface area contributed by atoms with E-state index in [0.717, 1.165) is 41.8 Å². The number of carbonyl (C=O) groups is 1. The number of fused-ring (bicyclic) bond motifs is 1. The Morgan fingerprint density at radius 1 is 1.00 bits per heavy atom. The van der Waals surface area contributed by atoms with Crippen LogP contribution >= 0.6 is 0 Å². The summed E-state index contributed by atoms with van der Waals surface area (Å²) in [5, 5.41) is 0. The molecule has 0 saturated carbocycles. The smallest absolute Gasteiger partial charge is 0.305 e. The number of methoxy groups -OCH3 is 2. The number of anilines is 1. The average Bonchev–Trinajstić information content (AvgIpc) is 3.24. The summed E-state index contributed by atoms with van der Waals surface area (Å²) in [6, 6.07) is 17.5. The number of rotatable bonds is 10. The fraction of sp³-hybridized carbons (Fsp3) is 0.259. The predicted octanol–water partition coefficient (Wildman–Crippen LogP) is 5.53. The number of nitrogens with two attached hydrogens (primary N) is 1. The van der Waals surface area contributed by atoms with Crippen LogP contribution in [-0.2, 0) is 9.53 Å². The van der Waals surface area contributed by atoms with Gasteiger partial charge in [0.15, 0.2) is 0 Å². The Morgan fingerprint density at radius 2 is 1.74 bits per heavy atom. The second-order valence-corrected chi connectivity index (χ2v) is 8.09. The van der Waals surface area contributed by atoms with Crippen molar-refractivity contribution in [1.82, 2.24) is 9.55 Å². The van der Waals surface area contributed by atoms with Crippen molar-refractivity contribution >= 4 is 22.7 Å². The molecule has 0 bridgehead atoms. The van der Waals surface area contributed by atoms with Gasteiger partial charge in [0.05, 0.1) is 37.5 Å². The number of esters is 1. The Balaban J connectivity index is 1.65. The largest absolute Gasteiger partial charge is 0.497 e. The minimum absolute atomic E-state index is 0.204. The molecule has 0 aliphatic heterocycles. The van der Waals surface area contributed by atoms with Gasteiger partial charge >= 0.3 is 5.97 Å². The minimum atomic E-state index is -0.313. The molecule has 0 fully saturated rings. The number of hydrogen-bond acceptors (Lipinski definition) is 6. The van der Waals surface area contributed by atoms with E-state index in [-0.39, 0.29) is 11.8 Å². The van der Waals surface area contributed by atoms with Crippen LogP contribution in [0.15, 0.2) is 60.7 Å². The topological polar surface area (TPSA) is 88.6 Å². The molecular formula is C27H28FN3O4. The summed E-state index contributed by atoms with van der Waals surface area (Å²) in [5.74, 6) is 1.44. The molecule has 2 N–H and O–H groups in total. The fourth-order valence-electron chi connectivity index (χ4n) is 3.86. The number of nitrogen functional groups attached to an aromatic ring is 1. The highest BCUT2D eigenvalue weighted by molar-refractivity contribution is 5.88. The van der Waals surface area contributed by atoms with Crippen LogP contribution in [0.3, 0.4) is 0 Å². The molecule has 7 nitrogen and oxygen atoms in total. The summed E-state index contributed by atoms with van der Waals surface area (Å²) < 4.78 is 31.5. The summed E-state index contributed by atoms with van der Waals surface area (Å²) in [6.07, 6.45) is 2.77. The molecule has 35 heavy (non-hydrogen) atoms. The molecule has 0 radical (unpaired) electrons. The number of nitrogens with zero attached hydrogens (tertiary/aromatic N) is 2. The first-order valence-electron chi connectivity index (χ1n) is 11.4. The number of halogens is 1. The molecule has 182 valence electrons. The standard InChI is InChI=1S/C27H28FN3O4/c1-33-21-13-11-20(12-14-21)31-24-17-25(35-15-5-3-4-6-26(32)34-2)22(29)16-23(24)30-27(31)18-7-9-19(28)10-8-18/h7-14,16-17H,3-6,15,29H2,1-2H3. The van der Waals surface area contributed by atoms with Crippen molar-refractivity contribution in [1.29, 1.82) is 0 Å². The van der Waals surface area contributed by atoms with Crippen LogP contribution in [0.2, 0.25) is 0 Å². The first kappa shape index (κ1) is 24.1. The van der Waals surface area contributed by atoms with Gasteiger partial charge in [-0.05, 0) is 73.9 Å². The van der Waals surface area contributed by atoms with E-state index in [9.17, 15) is 9.18 Å². The van der Waals surface area contributed by atoms with Gasteiger partial charge in [-0.15, -0.1) is 0 Å². The highest BCUT2D eigenvalue weighted by Gasteiger charge is 2.17. The Hall–Kier alpha value is -4.07. The minimum Gasteiger partial charge on any atom is -0.497 e. The van der Waals surface area contributed by atoms with Crippen molar-refractivity contribution in [3.8, 4) is 28.6 Å². The highest BCUT2D eigenvalue weighted by atomic mass is 19.1. The maximum Gasteiger partial charge on any atom is 0.305 e. The molecular weight excluding hydrogens is 449 g/mol. The van der Waals surface area contributed by atoms with Crippen molar-refractivity contribution in [3.63, 3.8) is 0 Å². The lowest BCUT2D eigenvalue weighted by Gasteiger charge is -2.12. The van der Waals surface area contributed by atoms with Crippen molar-refractivity contribution < 1.29 is 23.4 Å². The molecule has 0 aliphatic carbocycles. The van der Waals surface area contributed by atoms with Gasteiger partial charge in [0.25, 0.3) is 0 Å². The average molecular weight is 478 g/mol. The molecule has 1 heterocycles. The fourth-order valence-corrected chi connectivity index (χ4v) is 3.86. The molecule has 0 atom stereocenters. The lowest BCUT2D eigenvalue weighted by molar-refractivity contribution is -0.140. The first-order valence-corrected chi connectivity index (χ1v) is 11.4. The van der Waals surface area contributed by atoms with Gasteiger partial charge < -0.3 is 19.9 Å². The zero-order valence-corrected chi connectivity index (χ0v) is 19.8. The van der Waals surface area contributed by atoms with Crippen LogP contribution in [0.5, 0.6) is 11.5 Å². The molecule has 0 aliphatic rings. The van der Waals surface area contributed by atoms with E-state index in [1.54, 1.807) is 25.3 Å². The van der Waals surface area contributed by atoms with Crippen molar-refractivity contribution in [2.45, 2.75) is 25.7 Å². The summed E-state index contributed by atoms with van der Waals surface area (Å²) >= 11 is 0. The van der Waals surface area contributed by atoms with Crippen LogP contribution in [0.1, 0.15) is 25.7 Å². The van der Waals surface area contributed by atoms with Crippen molar-refractivity contribution in [2.24, 2.45) is 0 Å². The van der Waals surface area contributed by atoms with Gasteiger partial charge in [0.2, 0.25) is 0 Å². The van der Waals surface area contributed by atoms with E-state index >= 15 is 0 Å². The number of carbonyl (C=O) groups excluding carboxylic acids is 1. The third-order valence-corrected chi connectivity index (χ3v) is 5.73. The van der Waals surface area contributed by atoms with E-state index in [4.69, 9.17) is 20.2 Å². The molecule has 0 spiro atoms. The molecule has 0 unspecified atom stereocenters. The summed E-state index contributed by atoms with van der Waals surface area (Å²) in [5.41, 5.74) is 9.90. The van der Waals surface area contributed by atoms with E-state index in [0.29, 0.717) is 35.8 Å². The molecule has 3 aromatic carbocycles. The molecule has 0 saturated heterocycles. The molecule has 4 rings (SSSR count). The Kier molecular flexibility index (Phi) is 7.50. The summed E-state index contributed by atoms with van der Waals surface area (Å²) in [7, 11) is 3.01. The van der Waals surface area contributed by atoms with Crippen LogP contribution < -0.4 is 15.2 Å². The lowest BCUT2D eigenvalue weighted by atomic mass is 10.2. The summed E-state index contributed by atoms with van der Waals surface area (Å²) in [4.78, 5) is 16.0. The molecule has 8 heteroatoms. The van der Waals surface area contributed by atoms with E-state index in [1.807, 2.05) is 34.9 Å². The molecule has 1 aromatic heterocycles. The SMILES string of the molecule is COC(=O)CCCCCOc1cc2c(cc1N)nc(-c1ccc(F)cc1)n2-c1ccc(OC)cc1. The van der Waals surface area contributed by atoms with Crippen molar-refractivity contribution in [3.05, 3.63) is 66.5 Å². The Labute approximate surface area is 203 Å². The quantitative estimate of drug-likeness (QED) is 0.183. The number of hydrogen-bond donors (Lipinski definition) is 1. The Bertz CT molecular complexity index is 1300. The summed E-state index contributed by atoms with van der Waals surface area (Å²) in [6.45, 7) is 0.471. The zero-order valence-electron chi connectivity index (χ0n) is 19.8. The van der Waals surface area contributed by atoms with Gasteiger partial charge in [-0.2, -0.15) is 0 Å². The van der Waals surface area contributed by atoms with Gasteiger partial charge in [0.1, 0.15) is 23.1 Å². The second kappa shape index (κ2) is 10.9.